The van der Waals surface area contributed by atoms with Gasteiger partial charge in [0.15, 0.2) is 0 Å². The molecule has 1 aromatic heterocycles. The van der Waals surface area contributed by atoms with E-state index in [4.69, 9.17) is 9.47 Å². The first-order valence-corrected chi connectivity index (χ1v) is 20.1. The number of piperazine rings is 1. The Morgan fingerprint density at radius 3 is 2.30 bits per heavy atom. The number of likely N-dealkylation sites (tertiary alicyclic amines) is 1. The van der Waals surface area contributed by atoms with Crippen LogP contribution in [-0.4, -0.2) is 119 Å². The molecule has 4 amide bonds. The summed E-state index contributed by atoms with van der Waals surface area (Å²) in [6, 6.07) is 13.4. The minimum atomic E-state index is -4.71. The van der Waals surface area contributed by atoms with E-state index < -0.39 is 64.7 Å². The number of carbonyl (C=O) groups excluding carboxylic acids is 4. The number of anilines is 3. The second-order valence-electron chi connectivity index (χ2n) is 17.3. The molecule has 17 heteroatoms. The van der Waals surface area contributed by atoms with Crippen molar-refractivity contribution in [2.45, 2.75) is 90.0 Å². The molecule has 60 heavy (non-hydrogen) atoms. The molecule has 0 N–H and O–H groups in total. The predicted octanol–water partition coefficient (Wildman–Crippen LogP) is 6.47. The third-order valence-corrected chi connectivity index (χ3v) is 12.0. The summed E-state index contributed by atoms with van der Waals surface area (Å²) in [5, 5.41) is 0. The van der Waals surface area contributed by atoms with Crippen LogP contribution in [0.3, 0.4) is 0 Å². The Morgan fingerprint density at radius 1 is 0.933 bits per heavy atom. The third kappa shape index (κ3) is 8.07. The van der Waals surface area contributed by atoms with Crippen LogP contribution in [-0.2, 0) is 31.8 Å². The number of ether oxygens (including phenoxy) is 2. The summed E-state index contributed by atoms with van der Waals surface area (Å²) in [6.45, 7) is 12.1. The Bertz CT molecular complexity index is 2140. The maximum Gasteiger partial charge on any atom is 0.416 e. The monoisotopic (exact) mass is 837 g/mol. The topological polar surface area (TPSA) is 119 Å². The average Bonchev–Trinajstić information content (AvgIpc) is 3.48. The van der Waals surface area contributed by atoms with Gasteiger partial charge in [-0.15, -0.1) is 0 Å². The number of amides is 4. The molecule has 322 valence electrons. The minimum Gasteiger partial charge on any atom is -0.445 e. The van der Waals surface area contributed by atoms with Gasteiger partial charge < -0.3 is 24.2 Å². The van der Waals surface area contributed by atoms with E-state index in [9.17, 15) is 32.3 Å². The van der Waals surface area contributed by atoms with Crippen molar-refractivity contribution < 1.29 is 46.2 Å². The Hall–Kier alpha value is -5.45. The highest BCUT2D eigenvalue weighted by Gasteiger charge is 2.61. The number of aryl methyl sites for hydroxylation is 1. The van der Waals surface area contributed by atoms with Gasteiger partial charge in [0.05, 0.1) is 35.6 Å². The molecular weight excluding hydrogens is 787 g/mol. The Kier molecular flexibility index (Phi) is 11.3. The molecule has 3 fully saturated rings. The van der Waals surface area contributed by atoms with E-state index in [0.717, 1.165) is 22.6 Å². The number of para-hydroxylation sites is 1. The predicted molar refractivity (Wildman–Crippen MR) is 215 cm³/mol. The number of carbonyl (C=O) groups is 4. The van der Waals surface area contributed by atoms with Crippen LogP contribution < -0.4 is 14.7 Å². The number of nitrogens with zero attached hydrogens (tertiary/aromatic N) is 7. The van der Waals surface area contributed by atoms with Gasteiger partial charge in [-0.3, -0.25) is 24.3 Å². The molecule has 0 radical (unpaired) electrons. The van der Waals surface area contributed by atoms with Crippen LogP contribution in [0, 0.1) is 18.7 Å². The minimum absolute atomic E-state index is 0.0307. The van der Waals surface area contributed by atoms with Crippen LogP contribution in [0.25, 0.3) is 0 Å². The van der Waals surface area contributed by atoms with Gasteiger partial charge in [-0.2, -0.15) is 13.2 Å². The quantitative estimate of drug-likeness (QED) is 0.258. The van der Waals surface area contributed by atoms with Crippen molar-refractivity contribution in [3.8, 4) is 0 Å². The highest BCUT2D eigenvalue weighted by atomic mass is 19.4. The molecule has 4 aliphatic heterocycles. The molecule has 2 aromatic carbocycles. The van der Waals surface area contributed by atoms with E-state index in [0.29, 0.717) is 13.1 Å². The summed E-state index contributed by atoms with van der Waals surface area (Å²) in [4.78, 5) is 69.1. The number of aromatic nitrogens is 1. The van der Waals surface area contributed by atoms with Crippen molar-refractivity contribution >= 4 is 41.2 Å². The largest absolute Gasteiger partial charge is 0.445 e. The van der Waals surface area contributed by atoms with Crippen molar-refractivity contribution in [2.75, 3.05) is 61.0 Å². The second-order valence-corrected chi connectivity index (χ2v) is 17.3. The fourth-order valence-electron chi connectivity index (χ4n) is 9.20. The van der Waals surface area contributed by atoms with Crippen LogP contribution >= 0.6 is 0 Å². The van der Waals surface area contributed by atoms with E-state index in [2.05, 4.69) is 9.88 Å². The van der Waals surface area contributed by atoms with Crippen molar-refractivity contribution in [3.63, 3.8) is 0 Å². The summed E-state index contributed by atoms with van der Waals surface area (Å²) in [6.07, 6.45) is -5.91. The fourth-order valence-corrected chi connectivity index (χ4v) is 9.20. The third-order valence-electron chi connectivity index (χ3n) is 12.0. The standard InChI is InChI=1S/C43H51F4N7O6/c1-26-18-31(43(45,46)47)20-34(48-26)53-35(55)19-30-22-51(37-32(44)14-11-15-33(37)49(7)38(56)36(30)53)17-16-50-21-27(2)54(40(58)59-23-29-12-9-8-10-13-29)42(28(50)3)24-52(25-42)39(57)60-41(4,5)6/h8-15,18,20,27-28,30,36H,16-17,19,21-25H2,1-7H3/t27-,28?,30-,36+/m1/s1. The number of benzene rings is 2. The molecule has 0 saturated carbocycles. The maximum absolute atomic E-state index is 16.1. The molecule has 5 heterocycles. The SMILES string of the molecule is Cc1cc(C(F)(F)F)cc(N2C(=O)C[C@@H]3CN(CCN4C[C@@H](C)N(C(=O)OCc5ccccc5)C5(CN(C(=O)OC(C)(C)C)C5)C4C)c4c(F)cccc4N(C)C(=O)[C@H]32)n1. The zero-order chi connectivity index (χ0) is 43.5. The number of fused-ring (bicyclic) bond motifs is 2. The van der Waals surface area contributed by atoms with Crippen LogP contribution in [0.5, 0.6) is 0 Å². The maximum atomic E-state index is 16.1. The highest BCUT2D eigenvalue weighted by molar-refractivity contribution is 6.10. The molecule has 0 aliphatic carbocycles. The molecule has 0 bridgehead atoms. The lowest BCUT2D eigenvalue weighted by molar-refractivity contribution is -0.137. The van der Waals surface area contributed by atoms with Crippen LogP contribution in [0.1, 0.15) is 57.9 Å². The van der Waals surface area contributed by atoms with Gasteiger partial charge in [0.25, 0.3) is 0 Å². The summed E-state index contributed by atoms with van der Waals surface area (Å²) in [5.41, 5.74) is -1.34. The van der Waals surface area contributed by atoms with E-state index >= 15 is 4.39 Å². The lowest BCUT2D eigenvalue weighted by atomic mass is 9.77. The van der Waals surface area contributed by atoms with Gasteiger partial charge in [0.2, 0.25) is 11.8 Å². The first-order chi connectivity index (χ1) is 28.2. The summed E-state index contributed by atoms with van der Waals surface area (Å²) < 4.78 is 69.3. The van der Waals surface area contributed by atoms with Crippen molar-refractivity contribution in [1.29, 1.82) is 0 Å². The molecule has 13 nitrogen and oxygen atoms in total. The molecule has 3 aromatic rings. The summed E-state index contributed by atoms with van der Waals surface area (Å²) in [7, 11) is 1.46. The average molecular weight is 838 g/mol. The fraction of sp³-hybridized carbons (Fsp3) is 0.512. The normalized spacial score (nSPS) is 23.2. The molecular formula is C43H51F4N7O6. The molecule has 4 aliphatic rings. The zero-order valence-corrected chi connectivity index (χ0v) is 34.8. The second kappa shape index (κ2) is 15.9. The van der Waals surface area contributed by atoms with E-state index in [-0.39, 0.29) is 74.2 Å². The first kappa shape index (κ1) is 42.7. The Labute approximate surface area is 346 Å². The van der Waals surface area contributed by atoms with Gasteiger partial charge in [0.1, 0.15) is 29.9 Å². The van der Waals surface area contributed by atoms with Crippen molar-refractivity contribution in [3.05, 3.63) is 83.3 Å². The van der Waals surface area contributed by atoms with Crippen LogP contribution in [0.15, 0.2) is 60.7 Å². The van der Waals surface area contributed by atoms with Crippen LogP contribution in [0.4, 0.5) is 44.3 Å². The number of likely N-dealkylation sites (N-methyl/N-ethyl adjacent to an activating group) is 1. The number of pyridine rings is 1. The number of alkyl halides is 3. The molecule has 7 rings (SSSR count). The Morgan fingerprint density at radius 2 is 1.63 bits per heavy atom. The van der Waals surface area contributed by atoms with Crippen LogP contribution in [0.2, 0.25) is 0 Å². The molecule has 1 unspecified atom stereocenters. The summed E-state index contributed by atoms with van der Waals surface area (Å²) in [5.74, 6) is -2.73. The molecule has 1 spiro atoms. The van der Waals surface area contributed by atoms with Crippen molar-refractivity contribution in [1.82, 2.24) is 19.7 Å². The van der Waals surface area contributed by atoms with Gasteiger partial charge in [-0.1, -0.05) is 36.4 Å². The van der Waals surface area contributed by atoms with Gasteiger partial charge in [0, 0.05) is 63.3 Å². The van der Waals surface area contributed by atoms with Gasteiger partial charge in [-0.25, -0.2) is 19.0 Å². The number of halogens is 4. The van der Waals surface area contributed by atoms with E-state index in [1.807, 2.05) is 44.2 Å². The Balaban J connectivity index is 1.17. The summed E-state index contributed by atoms with van der Waals surface area (Å²) >= 11 is 0. The van der Waals surface area contributed by atoms with Crippen molar-refractivity contribution in [2.24, 2.45) is 5.92 Å². The van der Waals surface area contributed by atoms with Gasteiger partial charge in [-0.05, 0) is 71.4 Å². The number of hydrogen-bond acceptors (Lipinski definition) is 9. The van der Waals surface area contributed by atoms with Gasteiger partial charge >= 0.3 is 18.4 Å². The lowest BCUT2D eigenvalue weighted by Crippen LogP contribution is -2.83. The first-order valence-electron chi connectivity index (χ1n) is 20.1. The molecule has 3 saturated heterocycles. The lowest BCUT2D eigenvalue weighted by Gasteiger charge is -2.64. The number of hydrogen-bond donors (Lipinski definition) is 0. The zero-order valence-electron chi connectivity index (χ0n) is 34.8. The molecule has 4 atom stereocenters. The van der Waals surface area contributed by atoms with E-state index in [1.54, 1.807) is 41.5 Å². The number of rotatable bonds is 6. The smallest absolute Gasteiger partial charge is 0.416 e. The van der Waals surface area contributed by atoms with E-state index in [1.165, 1.54) is 31.0 Å². The highest BCUT2D eigenvalue weighted by Crippen LogP contribution is 2.43.